The maximum Gasteiger partial charge on any atom is 0.160 e. The van der Waals surface area contributed by atoms with E-state index in [1.807, 2.05) is 37.6 Å². The Morgan fingerprint density at radius 3 is 2.92 bits per heavy atom. The minimum Gasteiger partial charge on any atom is -0.334 e. The van der Waals surface area contributed by atoms with Gasteiger partial charge in [0.2, 0.25) is 0 Å². The smallest absolute Gasteiger partial charge is 0.160 e. The van der Waals surface area contributed by atoms with E-state index >= 15 is 0 Å². The van der Waals surface area contributed by atoms with Crippen molar-refractivity contribution >= 4 is 0 Å². The molecule has 1 aliphatic carbocycles. The Labute approximate surface area is 147 Å². The first-order chi connectivity index (χ1) is 12.2. The van der Waals surface area contributed by atoms with Crippen LogP contribution in [0.15, 0.2) is 36.9 Å². The van der Waals surface area contributed by atoms with Gasteiger partial charge >= 0.3 is 0 Å². The Morgan fingerprint density at radius 1 is 1.24 bits per heavy atom. The van der Waals surface area contributed by atoms with Gasteiger partial charge in [0.15, 0.2) is 5.82 Å². The molecular weight excluding hydrogens is 312 g/mol. The zero-order valence-corrected chi connectivity index (χ0v) is 14.6. The Hall–Kier alpha value is -2.60. The summed E-state index contributed by atoms with van der Waals surface area (Å²) in [6.07, 6.45) is 10.8. The lowest BCUT2D eigenvalue weighted by Crippen LogP contribution is -2.26. The SMILES string of the molecule is Cc1ncc(CNC2CCCc3nc(-c4cccnc4)ncc32)n1C. The molecule has 6 nitrogen and oxygen atoms in total. The molecule has 0 radical (unpaired) electrons. The van der Waals surface area contributed by atoms with Crippen LogP contribution in [0, 0.1) is 6.92 Å². The Kier molecular flexibility index (Phi) is 4.28. The third-order valence-corrected chi connectivity index (χ3v) is 4.95. The van der Waals surface area contributed by atoms with Crippen molar-refractivity contribution in [3.63, 3.8) is 0 Å². The average molecular weight is 334 g/mol. The highest BCUT2D eigenvalue weighted by atomic mass is 15.1. The number of hydrogen-bond acceptors (Lipinski definition) is 5. The van der Waals surface area contributed by atoms with Crippen LogP contribution < -0.4 is 5.32 Å². The molecule has 0 amide bonds. The highest BCUT2D eigenvalue weighted by Gasteiger charge is 2.22. The number of fused-ring (bicyclic) bond motifs is 1. The molecule has 3 aromatic rings. The van der Waals surface area contributed by atoms with Crippen LogP contribution in [0.4, 0.5) is 0 Å². The summed E-state index contributed by atoms with van der Waals surface area (Å²) in [6.45, 7) is 2.82. The molecule has 25 heavy (non-hydrogen) atoms. The van der Waals surface area contributed by atoms with E-state index < -0.39 is 0 Å². The summed E-state index contributed by atoms with van der Waals surface area (Å²) in [4.78, 5) is 17.9. The van der Waals surface area contributed by atoms with Crippen LogP contribution in [0.1, 0.15) is 41.7 Å². The highest BCUT2D eigenvalue weighted by Crippen LogP contribution is 2.29. The van der Waals surface area contributed by atoms with Crippen LogP contribution in [-0.4, -0.2) is 24.5 Å². The molecule has 1 N–H and O–H groups in total. The van der Waals surface area contributed by atoms with E-state index in [1.54, 1.807) is 6.20 Å². The first-order valence-electron chi connectivity index (χ1n) is 8.69. The van der Waals surface area contributed by atoms with Crippen molar-refractivity contribution in [2.75, 3.05) is 0 Å². The molecule has 0 spiro atoms. The van der Waals surface area contributed by atoms with Crippen LogP contribution >= 0.6 is 0 Å². The molecule has 1 unspecified atom stereocenters. The molecule has 0 fully saturated rings. The third kappa shape index (κ3) is 3.17. The standard InChI is InChI=1S/C19H22N6/c1-13-21-10-15(25(13)2)11-22-17-6-3-7-18-16(17)12-23-19(24-18)14-5-4-8-20-9-14/h4-5,8-10,12,17,22H,3,6-7,11H2,1-2H3. The molecule has 1 aliphatic rings. The Bertz CT molecular complexity index is 871. The van der Waals surface area contributed by atoms with Crippen LogP contribution in [0.2, 0.25) is 0 Å². The van der Waals surface area contributed by atoms with E-state index in [0.717, 1.165) is 48.7 Å². The fourth-order valence-electron chi connectivity index (χ4n) is 3.33. The second-order valence-corrected chi connectivity index (χ2v) is 6.52. The minimum atomic E-state index is 0.293. The second-order valence-electron chi connectivity index (χ2n) is 6.52. The summed E-state index contributed by atoms with van der Waals surface area (Å²) in [5.41, 5.74) is 4.53. The van der Waals surface area contributed by atoms with E-state index in [9.17, 15) is 0 Å². The van der Waals surface area contributed by atoms with Crippen molar-refractivity contribution < 1.29 is 0 Å². The highest BCUT2D eigenvalue weighted by molar-refractivity contribution is 5.53. The van der Waals surface area contributed by atoms with Crippen LogP contribution in [0.3, 0.4) is 0 Å². The minimum absolute atomic E-state index is 0.293. The van der Waals surface area contributed by atoms with Gasteiger partial charge in [-0.2, -0.15) is 0 Å². The average Bonchev–Trinajstić information content (AvgIpc) is 2.98. The van der Waals surface area contributed by atoms with Crippen molar-refractivity contribution in [1.29, 1.82) is 0 Å². The number of pyridine rings is 1. The van der Waals surface area contributed by atoms with Gasteiger partial charge in [-0.25, -0.2) is 15.0 Å². The molecule has 0 saturated heterocycles. The fraction of sp³-hybridized carbons (Fsp3) is 0.368. The molecule has 0 aromatic carbocycles. The molecule has 3 aromatic heterocycles. The molecule has 4 rings (SSSR count). The number of imidazole rings is 1. The largest absolute Gasteiger partial charge is 0.334 e. The van der Waals surface area contributed by atoms with Gasteiger partial charge < -0.3 is 9.88 Å². The maximum atomic E-state index is 4.80. The van der Waals surface area contributed by atoms with Crippen molar-refractivity contribution in [1.82, 2.24) is 29.8 Å². The van der Waals surface area contributed by atoms with Crippen molar-refractivity contribution in [2.45, 2.75) is 38.8 Å². The molecular formula is C19H22N6. The van der Waals surface area contributed by atoms with Crippen molar-refractivity contribution in [3.05, 3.63) is 59.7 Å². The Morgan fingerprint density at radius 2 is 2.16 bits per heavy atom. The third-order valence-electron chi connectivity index (χ3n) is 4.95. The van der Waals surface area contributed by atoms with Gasteiger partial charge in [0.05, 0.1) is 5.69 Å². The summed E-state index contributed by atoms with van der Waals surface area (Å²) < 4.78 is 2.12. The number of aromatic nitrogens is 5. The summed E-state index contributed by atoms with van der Waals surface area (Å²) in [7, 11) is 2.05. The van der Waals surface area contributed by atoms with Gasteiger partial charge in [0, 0.05) is 61.2 Å². The fourth-order valence-corrected chi connectivity index (χ4v) is 3.33. The molecule has 0 aliphatic heterocycles. The normalized spacial score (nSPS) is 16.6. The molecule has 0 bridgehead atoms. The summed E-state index contributed by atoms with van der Waals surface area (Å²) in [5.74, 6) is 1.79. The van der Waals surface area contributed by atoms with E-state index in [-0.39, 0.29) is 0 Å². The lowest BCUT2D eigenvalue weighted by atomic mass is 9.92. The summed E-state index contributed by atoms with van der Waals surface area (Å²) in [6, 6.07) is 4.21. The topological polar surface area (TPSA) is 68.5 Å². The number of hydrogen-bond donors (Lipinski definition) is 1. The van der Waals surface area contributed by atoms with E-state index in [2.05, 4.69) is 31.9 Å². The lowest BCUT2D eigenvalue weighted by Gasteiger charge is -2.25. The van der Waals surface area contributed by atoms with Gasteiger partial charge in [-0.15, -0.1) is 0 Å². The molecule has 6 heteroatoms. The van der Waals surface area contributed by atoms with E-state index in [4.69, 9.17) is 4.98 Å². The van der Waals surface area contributed by atoms with Crippen molar-refractivity contribution in [3.8, 4) is 11.4 Å². The van der Waals surface area contributed by atoms with Crippen molar-refractivity contribution in [2.24, 2.45) is 7.05 Å². The zero-order chi connectivity index (χ0) is 17.2. The van der Waals surface area contributed by atoms with Gasteiger partial charge in [-0.3, -0.25) is 4.98 Å². The quantitative estimate of drug-likeness (QED) is 0.794. The molecule has 0 saturated carbocycles. The number of nitrogens with zero attached hydrogens (tertiary/aromatic N) is 5. The first-order valence-corrected chi connectivity index (χ1v) is 8.69. The molecule has 128 valence electrons. The Balaban J connectivity index is 1.55. The predicted molar refractivity (Wildman–Crippen MR) is 95.7 cm³/mol. The molecule has 1 atom stereocenters. The lowest BCUT2D eigenvalue weighted by molar-refractivity contribution is 0.446. The number of aryl methyl sites for hydroxylation is 2. The maximum absolute atomic E-state index is 4.80. The van der Waals surface area contributed by atoms with Gasteiger partial charge in [0.1, 0.15) is 5.82 Å². The van der Waals surface area contributed by atoms with Gasteiger partial charge in [-0.1, -0.05) is 0 Å². The zero-order valence-electron chi connectivity index (χ0n) is 14.6. The first kappa shape index (κ1) is 15.9. The van der Waals surface area contributed by atoms with E-state index in [0.29, 0.717) is 6.04 Å². The number of rotatable bonds is 4. The summed E-state index contributed by atoms with van der Waals surface area (Å²) in [5, 5.41) is 3.65. The monoisotopic (exact) mass is 334 g/mol. The van der Waals surface area contributed by atoms with Crippen LogP contribution in [0.25, 0.3) is 11.4 Å². The van der Waals surface area contributed by atoms with Gasteiger partial charge in [0.25, 0.3) is 0 Å². The molecule has 3 heterocycles. The number of nitrogens with one attached hydrogen (secondary N) is 1. The van der Waals surface area contributed by atoms with Crippen LogP contribution in [0.5, 0.6) is 0 Å². The van der Waals surface area contributed by atoms with Gasteiger partial charge in [-0.05, 0) is 38.3 Å². The van der Waals surface area contributed by atoms with Crippen LogP contribution in [-0.2, 0) is 20.0 Å². The van der Waals surface area contributed by atoms with E-state index in [1.165, 1.54) is 11.3 Å². The predicted octanol–water partition coefficient (Wildman–Crippen LogP) is 2.75. The second kappa shape index (κ2) is 6.72. The summed E-state index contributed by atoms with van der Waals surface area (Å²) >= 11 is 0.